The number of rotatable bonds is 6. The lowest BCUT2D eigenvalue weighted by atomic mass is 9.90. The van der Waals surface area contributed by atoms with Crippen LogP contribution in [0.3, 0.4) is 0 Å². The number of nitrogens with one attached hydrogen (secondary N) is 1. The fraction of sp³-hybridized carbons (Fsp3) is 0.545. The van der Waals surface area contributed by atoms with E-state index < -0.39 is 22.0 Å². The fourth-order valence-electron chi connectivity index (χ4n) is 3.12. The summed E-state index contributed by atoms with van der Waals surface area (Å²) in [5, 5.41) is 21.7. The first-order chi connectivity index (χ1) is 16.2. The summed E-state index contributed by atoms with van der Waals surface area (Å²) in [5.74, 6) is 0.497. The van der Waals surface area contributed by atoms with Gasteiger partial charge < -0.3 is 15.2 Å². The number of amides is 1. The molecule has 0 saturated carbocycles. The van der Waals surface area contributed by atoms with Gasteiger partial charge in [0.15, 0.2) is 5.78 Å². The van der Waals surface area contributed by atoms with E-state index in [0.29, 0.717) is 13.0 Å². The Kier molecular flexibility index (Phi) is 9.86. The zero-order valence-electron chi connectivity index (χ0n) is 20.6. The van der Waals surface area contributed by atoms with Gasteiger partial charge in [-0.2, -0.15) is 4.99 Å². The Labute approximate surface area is 209 Å². The van der Waals surface area contributed by atoms with E-state index in [4.69, 9.17) is 9.88 Å². The number of nitrogens with zero attached hydrogens (tertiary/aromatic N) is 3. The molecule has 1 aromatic carbocycles. The number of nitrogens with two attached hydrogens (primary N) is 1. The van der Waals surface area contributed by atoms with Crippen LogP contribution in [0.1, 0.15) is 56.5 Å². The first-order valence-electron chi connectivity index (χ1n) is 11.0. The van der Waals surface area contributed by atoms with Gasteiger partial charge in [-0.15, -0.1) is 5.10 Å². The maximum Gasteiger partial charge on any atom is 0.267 e. The molecule has 0 spiro atoms. The van der Waals surface area contributed by atoms with Crippen molar-refractivity contribution in [2.45, 2.75) is 62.9 Å². The standard InChI is InChI=1S/C17H25NO3.C5H8N4O3S2/c1-17(2,3)18-10-12(19)11-21-16-9-5-6-13-14(16)7-4-8-15(13)20;1-3(10)7-4-9(2)8-5(13-4)14(6,11)12/h5-6,9,12,18-19H,4,7-8,10-11H2,1-3H3;1-2H3,(H2,6,11,12)/t12-;/m0./s1. The molecule has 1 amide bonds. The van der Waals surface area contributed by atoms with Crippen LogP contribution in [0.25, 0.3) is 0 Å². The molecule has 11 nitrogen and oxygen atoms in total. The second kappa shape index (κ2) is 12.0. The molecule has 0 fully saturated rings. The number of hydrogen-bond donors (Lipinski definition) is 3. The number of benzene rings is 1. The van der Waals surface area contributed by atoms with Gasteiger partial charge >= 0.3 is 0 Å². The van der Waals surface area contributed by atoms with E-state index in [-0.39, 0.29) is 27.1 Å². The van der Waals surface area contributed by atoms with Crippen LogP contribution in [0.2, 0.25) is 0 Å². The van der Waals surface area contributed by atoms with Crippen molar-refractivity contribution in [3.8, 4) is 5.75 Å². The Morgan fingerprint density at radius 3 is 2.63 bits per heavy atom. The SMILES string of the molecule is CC(=O)N=c1sc(S(N)(=O)=O)nn1C.CC(C)(C)NC[C@H](O)COc1cccc2c1CCCC2=O. The molecule has 194 valence electrons. The highest BCUT2D eigenvalue weighted by molar-refractivity contribution is 7.91. The Balaban J connectivity index is 0.000000269. The highest BCUT2D eigenvalue weighted by atomic mass is 32.2. The van der Waals surface area contributed by atoms with Crippen molar-refractivity contribution in [3.05, 3.63) is 34.1 Å². The van der Waals surface area contributed by atoms with Crippen molar-refractivity contribution >= 4 is 33.1 Å². The molecule has 1 heterocycles. The second-order valence-electron chi connectivity index (χ2n) is 9.10. The van der Waals surface area contributed by atoms with Crippen LogP contribution in [-0.4, -0.2) is 59.8 Å². The molecule has 0 radical (unpaired) electrons. The highest BCUT2D eigenvalue weighted by Gasteiger charge is 2.21. The van der Waals surface area contributed by atoms with Crippen LogP contribution in [0.15, 0.2) is 27.5 Å². The zero-order valence-corrected chi connectivity index (χ0v) is 22.2. The summed E-state index contributed by atoms with van der Waals surface area (Å²) in [6, 6.07) is 5.58. The van der Waals surface area contributed by atoms with Gasteiger partial charge in [-0.1, -0.05) is 23.5 Å². The van der Waals surface area contributed by atoms with Gasteiger partial charge in [0.2, 0.25) is 15.0 Å². The molecule has 1 aromatic heterocycles. The third-order valence-electron chi connectivity index (χ3n) is 4.75. The Bertz CT molecular complexity index is 1230. The minimum absolute atomic E-state index is 0.0285. The Morgan fingerprint density at radius 1 is 1.37 bits per heavy atom. The van der Waals surface area contributed by atoms with Crippen LogP contribution in [0.4, 0.5) is 0 Å². The van der Waals surface area contributed by atoms with Crippen molar-refractivity contribution in [3.63, 3.8) is 0 Å². The van der Waals surface area contributed by atoms with Gasteiger partial charge in [-0.3, -0.25) is 9.59 Å². The monoisotopic (exact) mass is 527 g/mol. The molecule has 0 bridgehead atoms. The van der Waals surface area contributed by atoms with Crippen LogP contribution >= 0.6 is 11.3 Å². The summed E-state index contributed by atoms with van der Waals surface area (Å²) in [7, 11) is -2.35. The summed E-state index contributed by atoms with van der Waals surface area (Å²) >= 11 is 0.746. The van der Waals surface area contributed by atoms with Gasteiger partial charge in [0.05, 0.1) is 0 Å². The predicted molar refractivity (Wildman–Crippen MR) is 132 cm³/mol. The first kappa shape index (κ1) is 28.8. The van der Waals surface area contributed by atoms with E-state index in [0.717, 1.165) is 41.1 Å². The molecular weight excluding hydrogens is 494 g/mol. The van der Waals surface area contributed by atoms with Crippen molar-refractivity contribution < 1.29 is 27.9 Å². The number of hydrogen-bond acceptors (Lipinski definition) is 9. The van der Waals surface area contributed by atoms with Crippen LogP contribution in [0, 0.1) is 0 Å². The molecule has 13 heteroatoms. The lowest BCUT2D eigenvalue weighted by Crippen LogP contribution is -2.42. The molecular formula is C22H33N5O6S2. The summed E-state index contributed by atoms with van der Waals surface area (Å²) in [6.45, 7) is 8.14. The quantitative estimate of drug-likeness (QED) is 0.498. The van der Waals surface area contributed by atoms with Crippen molar-refractivity contribution in [1.29, 1.82) is 0 Å². The van der Waals surface area contributed by atoms with Gasteiger partial charge in [0, 0.05) is 43.6 Å². The lowest BCUT2D eigenvalue weighted by Gasteiger charge is -2.24. The number of carbonyl (C=O) groups excluding carboxylic acids is 2. The number of carbonyl (C=O) groups is 2. The number of Topliss-reactive ketones (excluding diaryl/α,β-unsaturated/α-hetero) is 1. The number of aryl methyl sites for hydroxylation is 1. The summed E-state index contributed by atoms with van der Waals surface area (Å²) in [5.41, 5.74) is 1.74. The molecule has 4 N–H and O–H groups in total. The topological polar surface area (TPSA) is 166 Å². The third kappa shape index (κ3) is 9.26. The lowest BCUT2D eigenvalue weighted by molar-refractivity contribution is -0.116. The number of fused-ring (bicyclic) bond motifs is 1. The largest absolute Gasteiger partial charge is 0.491 e. The average Bonchev–Trinajstić information content (AvgIpc) is 3.11. The van der Waals surface area contributed by atoms with Gasteiger partial charge in [-0.25, -0.2) is 18.2 Å². The van der Waals surface area contributed by atoms with E-state index in [1.165, 1.54) is 18.7 Å². The van der Waals surface area contributed by atoms with E-state index in [9.17, 15) is 23.1 Å². The summed E-state index contributed by atoms with van der Waals surface area (Å²) in [6.07, 6.45) is 1.79. The molecule has 35 heavy (non-hydrogen) atoms. The van der Waals surface area contributed by atoms with E-state index >= 15 is 0 Å². The minimum Gasteiger partial charge on any atom is -0.491 e. The minimum atomic E-state index is -3.83. The zero-order chi connectivity index (χ0) is 26.4. The van der Waals surface area contributed by atoms with Gasteiger partial charge in [-0.05, 0) is 39.7 Å². The molecule has 2 aromatic rings. The smallest absolute Gasteiger partial charge is 0.267 e. The maximum atomic E-state index is 11.9. The number of aliphatic hydroxyl groups is 1. The Morgan fingerprint density at radius 2 is 2.06 bits per heavy atom. The van der Waals surface area contributed by atoms with Crippen molar-refractivity contribution in [2.24, 2.45) is 17.2 Å². The van der Waals surface area contributed by atoms with E-state index in [2.05, 4.69) is 36.2 Å². The number of aliphatic hydroxyl groups excluding tert-OH is 1. The van der Waals surface area contributed by atoms with E-state index in [1.807, 2.05) is 18.2 Å². The van der Waals surface area contributed by atoms with Crippen molar-refractivity contribution in [2.75, 3.05) is 13.2 Å². The number of ether oxygens (including phenoxy) is 1. The first-order valence-corrected chi connectivity index (χ1v) is 13.4. The Hall–Kier alpha value is -2.45. The highest BCUT2D eigenvalue weighted by Crippen LogP contribution is 2.29. The second-order valence-corrected chi connectivity index (χ2v) is 11.8. The number of aromatic nitrogens is 2. The van der Waals surface area contributed by atoms with Crippen molar-refractivity contribution in [1.82, 2.24) is 15.1 Å². The van der Waals surface area contributed by atoms with Crippen LogP contribution in [-0.2, 0) is 28.3 Å². The van der Waals surface area contributed by atoms with Crippen LogP contribution < -0.4 is 20.0 Å². The average molecular weight is 528 g/mol. The number of ketones is 1. The summed E-state index contributed by atoms with van der Waals surface area (Å²) in [4.78, 5) is 26.3. The number of sulfonamides is 1. The number of β-amino-alcohol motifs (C(OH)–C–C–N with tert-alkyl or cyclic N) is 1. The third-order valence-corrected chi connectivity index (χ3v) is 7.06. The predicted octanol–water partition coefficient (Wildman–Crippen LogP) is 0.910. The summed E-state index contributed by atoms with van der Waals surface area (Å²) < 4.78 is 28.4. The molecule has 1 aliphatic carbocycles. The molecule has 0 saturated heterocycles. The van der Waals surface area contributed by atoms with Crippen LogP contribution in [0.5, 0.6) is 5.75 Å². The normalized spacial score (nSPS) is 15.2. The molecule has 0 aliphatic heterocycles. The molecule has 1 aliphatic rings. The molecule has 0 unspecified atom stereocenters. The fourth-order valence-corrected chi connectivity index (χ4v) is 4.72. The maximum absolute atomic E-state index is 11.9. The van der Waals surface area contributed by atoms with E-state index in [1.54, 1.807) is 0 Å². The molecule has 3 rings (SSSR count). The number of primary sulfonamides is 1. The van der Waals surface area contributed by atoms with Gasteiger partial charge in [0.25, 0.3) is 10.0 Å². The van der Waals surface area contributed by atoms with Gasteiger partial charge in [0.1, 0.15) is 18.5 Å². The molecule has 1 atom stereocenters.